The molecule has 0 fully saturated rings. The molecule has 1 unspecified atom stereocenters. The van der Waals surface area contributed by atoms with Gasteiger partial charge in [-0.25, -0.2) is 8.42 Å². The molecule has 0 heterocycles. The van der Waals surface area contributed by atoms with Crippen LogP contribution in [0.3, 0.4) is 0 Å². The largest absolute Gasteiger partial charge is 0.747 e. The highest BCUT2D eigenvalue weighted by atomic mass is 32.2. The SMILES string of the molecule is CCCCCCCCCCCCC(c1ccccc1)S(=O)(=O)[O-].C[N+](C)(C)C. The summed E-state index contributed by atoms with van der Waals surface area (Å²) >= 11 is 0. The lowest BCUT2D eigenvalue weighted by molar-refractivity contribution is -0.849. The Morgan fingerprint density at radius 2 is 1.18 bits per heavy atom. The van der Waals surface area contributed by atoms with Crippen molar-refractivity contribution >= 4 is 10.1 Å². The molecule has 1 rings (SSSR count). The van der Waals surface area contributed by atoms with Crippen LogP contribution < -0.4 is 0 Å². The van der Waals surface area contributed by atoms with E-state index in [-0.39, 0.29) is 0 Å². The third-order valence-corrected chi connectivity index (χ3v) is 5.54. The maximum atomic E-state index is 11.5. The second kappa shape index (κ2) is 15.0. The molecule has 28 heavy (non-hydrogen) atoms. The molecule has 0 aliphatic heterocycles. The monoisotopic (exact) mass is 413 g/mol. The van der Waals surface area contributed by atoms with Crippen LogP contribution in [0.1, 0.15) is 88.4 Å². The maximum absolute atomic E-state index is 11.5. The smallest absolute Gasteiger partial charge is 0.102 e. The Morgan fingerprint density at radius 3 is 1.57 bits per heavy atom. The molecule has 0 spiro atoms. The summed E-state index contributed by atoms with van der Waals surface area (Å²) in [5.74, 6) is 0. The summed E-state index contributed by atoms with van der Waals surface area (Å²) in [6.07, 6.45) is 12.5. The Labute approximate surface area is 174 Å². The third-order valence-electron chi connectivity index (χ3n) is 4.34. The average molecular weight is 414 g/mol. The maximum Gasteiger partial charge on any atom is 0.102 e. The molecule has 0 aromatic heterocycles. The van der Waals surface area contributed by atoms with Crippen LogP contribution in [0.2, 0.25) is 0 Å². The lowest BCUT2D eigenvalue weighted by atomic mass is 10.0. The van der Waals surface area contributed by atoms with Crippen molar-refractivity contribution in [3.63, 3.8) is 0 Å². The molecule has 0 aliphatic carbocycles. The molecule has 1 aromatic carbocycles. The van der Waals surface area contributed by atoms with Crippen molar-refractivity contribution < 1.29 is 17.5 Å². The van der Waals surface area contributed by atoms with E-state index in [0.29, 0.717) is 12.0 Å². The van der Waals surface area contributed by atoms with Crippen LogP contribution in [0, 0.1) is 0 Å². The first-order valence-electron chi connectivity index (χ1n) is 10.8. The first-order chi connectivity index (χ1) is 13.1. The molecule has 1 aromatic rings. The Hall–Kier alpha value is -0.910. The van der Waals surface area contributed by atoms with E-state index in [1.54, 1.807) is 24.3 Å². The summed E-state index contributed by atoms with van der Waals surface area (Å²) in [6.45, 7) is 2.23. The number of hydrogen-bond acceptors (Lipinski definition) is 3. The zero-order valence-corrected chi connectivity index (χ0v) is 19.6. The van der Waals surface area contributed by atoms with Crippen molar-refractivity contribution in [3.05, 3.63) is 35.9 Å². The minimum atomic E-state index is -4.28. The van der Waals surface area contributed by atoms with Gasteiger partial charge < -0.3 is 9.04 Å². The van der Waals surface area contributed by atoms with E-state index in [0.717, 1.165) is 23.7 Å². The molecule has 0 saturated heterocycles. The van der Waals surface area contributed by atoms with Crippen LogP contribution in [-0.4, -0.2) is 45.6 Å². The van der Waals surface area contributed by atoms with Crippen LogP contribution >= 0.6 is 0 Å². The predicted octanol–water partition coefficient (Wildman–Crippen LogP) is 5.91. The lowest BCUT2D eigenvalue weighted by Crippen LogP contribution is -2.27. The summed E-state index contributed by atoms with van der Waals surface area (Å²) in [5, 5.41) is -0.891. The zero-order chi connectivity index (χ0) is 21.5. The molecular weight excluding hydrogens is 370 g/mol. The Kier molecular flexibility index (Phi) is 14.5. The van der Waals surface area contributed by atoms with E-state index >= 15 is 0 Å². The predicted molar refractivity (Wildman–Crippen MR) is 119 cm³/mol. The summed E-state index contributed by atoms with van der Waals surface area (Å²) < 4.78 is 35.4. The highest BCUT2D eigenvalue weighted by Gasteiger charge is 2.17. The van der Waals surface area contributed by atoms with Crippen molar-refractivity contribution in [1.29, 1.82) is 0 Å². The van der Waals surface area contributed by atoms with Gasteiger partial charge in [0.15, 0.2) is 0 Å². The molecule has 1 atom stereocenters. The summed E-state index contributed by atoms with van der Waals surface area (Å²) in [7, 11) is 4.22. The molecule has 0 N–H and O–H groups in total. The molecule has 4 nitrogen and oxygen atoms in total. The fourth-order valence-electron chi connectivity index (χ4n) is 2.96. The molecular formula is C23H43NO3S. The van der Waals surface area contributed by atoms with Crippen LogP contribution in [0.15, 0.2) is 30.3 Å². The second-order valence-electron chi connectivity index (χ2n) is 9.05. The number of nitrogens with zero attached hydrogens (tertiary/aromatic N) is 1. The van der Waals surface area contributed by atoms with E-state index in [9.17, 15) is 13.0 Å². The van der Waals surface area contributed by atoms with Crippen LogP contribution in [0.4, 0.5) is 0 Å². The molecule has 0 amide bonds. The van der Waals surface area contributed by atoms with Gasteiger partial charge in [0.1, 0.15) is 10.1 Å². The zero-order valence-electron chi connectivity index (χ0n) is 18.8. The second-order valence-corrected chi connectivity index (χ2v) is 10.6. The molecule has 0 aliphatic rings. The van der Waals surface area contributed by atoms with Crippen LogP contribution in [0.5, 0.6) is 0 Å². The van der Waals surface area contributed by atoms with Gasteiger partial charge in [0.2, 0.25) is 0 Å². The first-order valence-corrected chi connectivity index (χ1v) is 12.3. The van der Waals surface area contributed by atoms with Gasteiger partial charge >= 0.3 is 0 Å². The number of rotatable bonds is 13. The van der Waals surface area contributed by atoms with E-state index < -0.39 is 15.4 Å². The fourth-order valence-corrected chi connectivity index (χ4v) is 3.91. The van der Waals surface area contributed by atoms with Crippen molar-refractivity contribution in [2.24, 2.45) is 0 Å². The van der Waals surface area contributed by atoms with Crippen molar-refractivity contribution in [2.75, 3.05) is 28.2 Å². The molecule has 5 heteroatoms. The Balaban J connectivity index is 0.00000129. The molecule has 0 saturated carbocycles. The van der Waals surface area contributed by atoms with Crippen LogP contribution in [0.25, 0.3) is 0 Å². The molecule has 0 radical (unpaired) electrons. The normalized spacial score (nSPS) is 12.9. The summed E-state index contributed by atoms with van der Waals surface area (Å²) in [5.41, 5.74) is 0.624. The number of quaternary nitrogens is 1. The summed E-state index contributed by atoms with van der Waals surface area (Å²) in [6, 6.07) is 8.86. The van der Waals surface area contributed by atoms with E-state index in [4.69, 9.17) is 0 Å². The molecule has 0 bridgehead atoms. The summed E-state index contributed by atoms with van der Waals surface area (Å²) in [4.78, 5) is 0. The minimum Gasteiger partial charge on any atom is -0.747 e. The van der Waals surface area contributed by atoms with Gasteiger partial charge in [-0.05, 0) is 12.0 Å². The van der Waals surface area contributed by atoms with Crippen molar-refractivity contribution in [3.8, 4) is 0 Å². The van der Waals surface area contributed by atoms with Gasteiger partial charge in [-0.2, -0.15) is 0 Å². The number of unbranched alkanes of at least 4 members (excludes halogenated alkanes) is 9. The van der Waals surface area contributed by atoms with Gasteiger partial charge in [0, 0.05) is 0 Å². The third kappa shape index (κ3) is 17.2. The average Bonchev–Trinajstić information content (AvgIpc) is 2.58. The van der Waals surface area contributed by atoms with Crippen molar-refractivity contribution in [1.82, 2.24) is 0 Å². The lowest BCUT2D eigenvalue weighted by Gasteiger charge is -2.21. The van der Waals surface area contributed by atoms with E-state index in [1.165, 1.54) is 44.9 Å². The standard InChI is InChI=1S/C19H32O3S.C4H12N/c1-2-3-4-5-6-7-8-9-10-14-17-19(23(20,21)22)18-15-12-11-13-16-18;1-5(2,3)4/h11-13,15-16,19H,2-10,14,17H2,1H3,(H,20,21,22);1-4H3/q;+1/p-1. The Morgan fingerprint density at radius 1 is 0.786 bits per heavy atom. The topological polar surface area (TPSA) is 57.2 Å². The minimum absolute atomic E-state index is 0.437. The van der Waals surface area contributed by atoms with E-state index in [1.807, 2.05) is 6.07 Å². The molecule has 164 valence electrons. The highest BCUT2D eigenvalue weighted by Crippen LogP contribution is 2.27. The van der Waals surface area contributed by atoms with Crippen LogP contribution in [-0.2, 0) is 10.1 Å². The highest BCUT2D eigenvalue weighted by molar-refractivity contribution is 7.86. The van der Waals surface area contributed by atoms with Gasteiger partial charge in [0.05, 0.1) is 33.4 Å². The first kappa shape index (κ1) is 27.1. The van der Waals surface area contributed by atoms with E-state index in [2.05, 4.69) is 35.1 Å². The Bertz CT molecular complexity index is 574. The quantitative estimate of drug-likeness (QED) is 0.229. The van der Waals surface area contributed by atoms with Gasteiger partial charge in [-0.15, -0.1) is 0 Å². The number of hydrogen-bond donors (Lipinski definition) is 0. The van der Waals surface area contributed by atoms with Gasteiger partial charge in [-0.1, -0.05) is 101 Å². The van der Waals surface area contributed by atoms with Gasteiger partial charge in [0.25, 0.3) is 0 Å². The fraction of sp³-hybridized carbons (Fsp3) is 0.739. The number of benzene rings is 1. The van der Waals surface area contributed by atoms with Crippen molar-refractivity contribution in [2.45, 2.75) is 82.8 Å². The van der Waals surface area contributed by atoms with Gasteiger partial charge in [-0.3, -0.25) is 0 Å².